The van der Waals surface area contributed by atoms with E-state index in [1.807, 2.05) is 50.2 Å². The minimum Gasteiger partial charge on any atom is -0.309 e. The first-order valence-corrected chi connectivity index (χ1v) is 12.4. The van der Waals surface area contributed by atoms with E-state index < -0.39 is 10.0 Å². The van der Waals surface area contributed by atoms with E-state index in [0.717, 1.165) is 27.7 Å². The number of benzene rings is 1. The molecule has 0 unspecified atom stereocenters. The zero-order valence-electron chi connectivity index (χ0n) is 18.5. The number of rotatable bonds is 4. The van der Waals surface area contributed by atoms with Gasteiger partial charge < -0.3 is 5.32 Å². The van der Waals surface area contributed by atoms with Gasteiger partial charge in [-0.25, -0.2) is 13.4 Å². The molecule has 8 heteroatoms. The van der Waals surface area contributed by atoms with Crippen LogP contribution in [0.25, 0.3) is 33.4 Å². The summed E-state index contributed by atoms with van der Waals surface area (Å²) in [6.07, 6.45) is 5.26. The van der Waals surface area contributed by atoms with Gasteiger partial charge in [0.2, 0.25) is 10.0 Å². The molecule has 5 rings (SSSR count). The highest BCUT2D eigenvalue weighted by Crippen LogP contribution is 2.29. The van der Waals surface area contributed by atoms with E-state index in [1.165, 1.54) is 0 Å². The molecule has 1 saturated heterocycles. The molecule has 4 aromatic rings. The maximum Gasteiger partial charge on any atom is 0.243 e. The standard InChI is InChI=1S/C25H25N5O2S/c1-17-15-30(16-18(2)28-17)33(31,32)21-5-3-4-20(14-21)23-6-7-24-25(29-23)22(10-13-27-24)19-8-11-26-12-9-19/h3-14,17-18,28H,15-16H2,1-2H3/t17-,18+. The summed E-state index contributed by atoms with van der Waals surface area (Å²) in [6.45, 7) is 4.90. The fourth-order valence-electron chi connectivity index (χ4n) is 4.39. The smallest absolute Gasteiger partial charge is 0.243 e. The molecule has 0 aliphatic carbocycles. The fraction of sp³-hybridized carbons (Fsp3) is 0.240. The topological polar surface area (TPSA) is 88.1 Å². The Bertz CT molecular complexity index is 1400. The lowest BCUT2D eigenvalue weighted by molar-refractivity contribution is 0.263. The third kappa shape index (κ3) is 4.25. The third-order valence-corrected chi connectivity index (χ3v) is 7.69. The lowest BCUT2D eigenvalue weighted by Gasteiger charge is -2.35. The molecule has 1 aliphatic heterocycles. The van der Waals surface area contributed by atoms with Crippen molar-refractivity contribution in [2.45, 2.75) is 30.8 Å². The summed E-state index contributed by atoms with van der Waals surface area (Å²) < 4.78 is 28.3. The van der Waals surface area contributed by atoms with E-state index >= 15 is 0 Å². The summed E-state index contributed by atoms with van der Waals surface area (Å²) in [4.78, 5) is 13.7. The van der Waals surface area contributed by atoms with Crippen LogP contribution in [0.15, 0.2) is 78.1 Å². The number of sulfonamides is 1. The molecule has 1 aromatic carbocycles. The SMILES string of the molecule is C[C@@H]1CN(S(=O)(=O)c2cccc(-c3ccc4nccc(-c5ccncc5)c4n3)c2)C[C@H](C)N1. The fourth-order valence-corrected chi connectivity index (χ4v) is 6.05. The van der Waals surface area contributed by atoms with Crippen LogP contribution < -0.4 is 5.32 Å². The molecule has 1 fully saturated rings. The Balaban J connectivity index is 1.56. The molecule has 3 aromatic heterocycles. The predicted octanol–water partition coefficient (Wildman–Crippen LogP) is 3.73. The van der Waals surface area contributed by atoms with E-state index in [1.54, 1.807) is 41.1 Å². The van der Waals surface area contributed by atoms with Gasteiger partial charge in [-0.2, -0.15) is 4.31 Å². The van der Waals surface area contributed by atoms with Gasteiger partial charge in [0.05, 0.1) is 21.6 Å². The number of piperazine rings is 1. The maximum atomic E-state index is 13.4. The van der Waals surface area contributed by atoms with Crippen molar-refractivity contribution in [2.75, 3.05) is 13.1 Å². The average molecular weight is 460 g/mol. The molecular formula is C25H25N5O2S. The Morgan fingerprint density at radius 1 is 0.909 bits per heavy atom. The van der Waals surface area contributed by atoms with E-state index in [9.17, 15) is 8.42 Å². The first kappa shape index (κ1) is 21.6. The summed E-state index contributed by atoms with van der Waals surface area (Å²) in [5.74, 6) is 0. The molecule has 0 bridgehead atoms. The van der Waals surface area contributed by atoms with Gasteiger partial charge in [-0.3, -0.25) is 9.97 Å². The Morgan fingerprint density at radius 2 is 1.67 bits per heavy atom. The minimum atomic E-state index is -3.61. The highest BCUT2D eigenvalue weighted by Gasteiger charge is 2.31. The normalized spacial score (nSPS) is 19.6. The first-order valence-electron chi connectivity index (χ1n) is 10.9. The van der Waals surface area contributed by atoms with Gasteiger partial charge in [0.1, 0.15) is 0 Å². The molecular weight excluding hydrogens is 434 g/mol. The maximum absolute atomic E-state index is 13.4. The molecule has 0 spiro atoms. The lowest BCUT2D eigenvalue weighted by Crippen LogP contribution is -2.55. The summed E-state index contributed by atoms with van der Waals surface area (Å²) >= 11 is 0. The van der Waals surface area contributed by atoms with Crippen molar-refractivity contribution in [2.24, 2.45) is 0 Å². The van der Waals surface area contributed by atoms with Crippen LogP contribution in [0.4, 0.5) is 0 Å². The van der Waals surface area contributed by atoms with Crippen LogP contribution in [0.3, 0.4) is 0 Å². The van der Waals surface area contributed by atoms with Gasteiger partial charge in [-0.15, -0.1) is 0 Å². The number of aromatic nitrogens is 3. The summed E-state index contributed by atoms with van der Waals surface area (Å²) in [5.41, 5.74) is 4.95. The summed E-state index contributed by atoms with van der Waals surface area (Å²) in [5, 5.41) is 3.38. The van der Waals surface area contributed by atoms with E-state index in [2.05, 4.69) is 15.3 Å². The van der Waals surface area contributed by atoms with Crippen LogP contribution >= 0.6 is 0 Å². The van der Waals surface area contributed by atoms with E-state index in [0.29, 0.717) is 18.8 Å². The van der Waals surface area contributed by atoms with Crippen molar-refractivity contribution >= 4 is 21.1 Å². The van der Waals surface area contributed by atoms with Crippen LogP contribution in [0.5, 0.6) is 0 Å². The van der Waals surface area contributed by atoms with E-state index in [4.69, 9.17) is 4.98 Å². The van der Waals surface area contributed by atoms with Crippen LogP contribution in [-0.4, -0.2) is 52.8 Å². The zero-order chi connectivity index (χ0) is 23.0. The number of hydrogen-bond donors (Lipinski definition) is 1. The third-order valence-electron chi connectivity index (χ3n) is 5.87. The number of hydrogen-bond acceptors (Lipinski definition) is 6. The molecule has 1 N–H and O–H groups in total. The molecule has 1 aliphatic rings. The van der Waals surface area contributed by atoms with Crippen LogP contribution in [0.2, 0.25) is 0 Å². The van der Waals surface area contributed by atoms with Gasteiger partial charge in [0.25, 0.3) is 0 Å². The molecule has 4 heterocycles. The van der Waals surface area contributed by atoms with Crippen LogP contribution in [0, 0.1) is 0 Å². The van der Waals surface area contributed by atoms with Gasteiger partial charge in [-0.1, -0.05) is 12.1 Å². The predicted molar refractivity (Wildman–Crippen MR) is 129 cm³/mol. The van der Waals surface area contributed by atoms with Gasteiger partial charge >= 0.3 is 0 Å². The molecule has 0 amide bonds. The van der Waals surface area contributed by atoms with Crippen LogP contribution in [0.1, 0.15) is 13.8 Å². The molecule has 0 saturated carbocycles. The van der Waals surface area contributed by atoms with Crippen molar-refractivity contribution in [1.29, 1.82) is 0 Å². The number of pyridine rings is 3. The number of nitrogens with one attached hydrogen (secondary N) is 1. The molecule has 33 heavy (non-hydrogen) atoms. The first-order chi connectivity index (χ1) is 15.9. The van der Waals surface area contributed by atoms with Crippen molar-refractivity contribution in [3.05, 3.63) is 73.2 Å². The van der Waals surface area contributed by atoms with Crippen LogP contribution in [-0.2, 0) is 10.0 Å². The zero-order valence-corrected chi connectivity index (χ0v) is 19.3. The Hall–Kier alpha value is -3.20. The second kappa shape index (κ2) is 8.62. The molecule has 0 radical (unpaired) electrons. The molecule has 7 nitrogen and oxygen atoms in total. The summed E-state index contributed by atoms with van der Waals surface area (Å²) in [6, 6.07) is 16.8. The quantitative estimate of drug-likeness (QED) is 0.500. The Kier molecular flexibility index (Phi) is 5.65. The molecule has 168 valence electrons. The lowest BCUT2D eigenvalue weighted by atomic mass is 10.0. The largest absolute Gasteiger partial charge is 0.309 e. The molecule has 2 atom stereocenters. The second-order valence-electron chi connectivity index (χ2n) is 8.48. The average Bonchev–Trinajstić information content (AvgIpc) is 2.83. The second-order valence-corrected chi connectivity index (χ2v) is 10.4. The van der Waals surface area contributed by atoms with Gasteiger partial charge in [-0.05, 0) is 61.9 Å². The van der Waals surface area contributed by atoms with Gasteiger partial charge in [0.15, 0.2) is 0 Å². The monoisotopic (exact) mass is 459 g/mol. The Morgan fingerprint density at radius 3 is 2.42 bits per heavy atom. The highest BCUT2D eigenvalue weighted by atomic mass is 32.2. The van der Waals surface area contributed by atoms with Crippen molar-refractivity contribution in [3.63, 3.8) is 0 Å². The van der Waals surface area contributed by atoms with Crippen molar-refractivity contribution < 1.29 is 8.42 Å². The summed E-state index contributed by atoms with van der Waals surface area (Å²) in [7, 11) is -3.61. The highest BCUT2D eigenvalue weighted by molar-refractivity contribution is 7.89. The number of nitrogens with zero attached hydrogens (tertiary/aromatic N) is 4. The van der Waals surface area contributed by atoms with E-state index in [-0.39, 0.29) is 17.0 Å². The Labute approximate surface area is 193 Å². The van der Waals surface area contributed by atoms with Crippen molar-refractivity contribution in [1.82, 2.24) is 24.6 Å². The van der Waals surface area contributed by atoms with Gasteiger partial charge in [0, 0.05) is 54.9 Å². The van der Waals surface area contributed by atoms with Crippen molar-refractivity contribution in [3.8, 4) is 22.4 Å². The number of fused-ring (bicyclic) bond motifs is 1. The minimum absolute atomic E-state index is 0.105.